The van der Waals surface area contributed by atoms with Crippen LogP contribution >= 0.6 is 27.3 Å². The third-order valence-corrected chi connectivity index (χ3v) is 4.03. The van der Waals surface area contributed by atoms with Gasteiger partial charge in [0.1, 0.15) is 15.3 Å². The number of thiazole rings is 1. The minimum Gasteiger partial charge on any atom is -0.321 e. The lowest BCUT2D eigenvalue weighted by Crippen LogP contribution is -2.13. The fourth-order valence-corrected chi connectivity index (χ4v) is 2.78. The molecule has 21 heavy (non-hydrogen) atoms. The van der Waals surface area contributed by atoms with Gasteiger partial charge in [0, 0.05) is 22.8 Å². The molecule has 2 heterocycles. The molecule has 4 nitrogen and oxygen atoms in total. The number of carbonyl (C=O) groups excluding carboxylic acids is 1. The number of nitrogens with one attached hydrogen (secondary N) is 1. The van der Waals surface area contributed by atoms with Crippen LogP contribution in [0.15, 0.2) is 58.6 Å². The largest absolute Gasteiger partial charge is 0.321 e. The maximum absolute atomic E-state index is 12.1. The molecule has 0 fully saturated rings. The second-order valence-electron chi connectivity index (χ2n) is 4.21. The predicted molar refractivity (Wildman–Crippen MR) is 87.4 cm³/mol. The monoisotopic (exact) mass is 359 g/mol. The molecular formula is C15H10BrN3OS. The smallest absolute Gasteiger partial charge is 0.274 e. The van der Waals surface area contributed by atoms with Crippen LogP contribution in [0.5, 0.6) is 0 Å². The van der Waals surface area contributed by atoms with Gasteiger partial charge in [0.05, 0.1) is 0 Å². The summed E-state index contributed by atoms with van der Waals surface area (Å²) in [6.07, 6.45) is 1.77. The maximum atomic E-state index is 12.1. The van der Waals surface area contributed by atoms with Gasteiger partial charge in [-0.1, -0.05) is 6.07 Å². The SMILES string of the molecule is O=C(Nc1ccc(-c2nccs2)cc1)c1cccc(Br)n1. The first kappa shape index (κ1) is 13.9. The van der Waals surface area contributed by atoms with Crippen molar-refractivity contribution in [2.75, 3.05) is 5.32 Å². The van der Waals surface area contributed by atoms with Crippen LogP contribution in [0.2, 0.25) is 0 Å². The van der Waals surface area contributed by atoms with E-state index in [2.05, 4.69) is 31.2 Å². The fraction of sp³-hybridized carbons (Fsp3) is 0. The zero-order valence-electron chi connectivity index (χ0n) is 10.8. The summed E-state index contributed by atoms with van der Waals surface area (Å²) in [5.74, 6) is -0.238. The van der Waals surface area contributed by atoms with Gasteiger partial charge < -0.3 is 5.32 Å². The molecule has 2 aromatic heterocycles. The predicted octanol–water partition coefficient (Wildman–Crippen LogP) is 4.22. The Hall–Kier alpha value is -2.05. The van der Waals surface area contributed by atoms with Crippen molar-refractivity contribution >= 4 is 38.9 Å². The Balaban J connectivity index is 1.75. The van der Waals surface area contributed by atoms with Crippen molar-refractivity contribution in [1.29, 1.82) is 0 Å². The molecule has 6 heteroatoms. The maximum Gasteiger partial charge on any atom is 0.274 e. The van der Waals surface area contributed by atoms with Crippen LogP contribution in [0.1, 0.15) is 10.5 Å². The summed E-state index contributed by atoms with van der Waals surface area (Å²) in [5.41, 5.74) is 2.12. The highest BCUT2D eigenvalue weighted by Gasteiger charge is 2.08. The first-order valence-electron chi connectivity index (χ1n) is 6.16. The Bertz CT molecular complexity index is 757. The number of carbonyl (C=O) groups is 1. The van der Waals surface area contributed by atoms with Crippen molar-refractivity contribution in [3.05, 3.63) is 64.3 Å². The van der Waals surface area contributed by atoms with Crippen LogP contribution in [-0.2, 0) is 0 Å². The quantitative estimate of drug-likeness (QED) is 0.712. The van der Waals surface area contributed by atoms with E-state index in [9.17, 15) is 4.79 Å². The molecule has 0 aliphatic carbocycles. The van der Waals surface area contributed by atoms with Gasteiger partial charge in [-0.2, -0.15) is 0 Å². The summed E-state index contributed by atoms with van der Waals surface area (Å²) < 4.78 is 0.634. The van der Waals surface area contributed by atoms with E-state index in [1.54, 1.807) is 35.7 Å². The Morgan fingerprint density at radius 1 is 1.14 bits per heavy atom. The molecule has 0 radical (unpaired) electrons. The lowest BCUT2D eigenvalue weighted by Gasteiger charge is -2.05. The van der Waals surface area contributed by atoms with E-state index in [1.165, 1.54) is 0 Å². The van der Waals surface area contributed by atoms with E-state index in [-0.39, 0.29) is 5.91 Å². The zero-order chi connectivity index (χ0) is 14.7. The van der Waals surface area contributed by atoms with Crippen LogP contribution in [0.25, 0.3) is 10.6 Å². The topological polar surface area (TPSA) is 54.9 Å². The molecule has 0 unspecified atom stereocenters. The van der Waals surface area contributed by atoms with Gasteiger partial charge in [-0.3, -0.25) is 4.79 Å². The number of hydrogen-bond acceptors (Lipinski definition) is 4. The number of nitrogens with zero attached hydrogens (tertiary/aromatic N) is 2. The number of halogens is 1. The Kier molecular flexibility index (Phi) is 4.08. The molecule has 0 saturated carbocycles. The molecule has 104 valence electrons. The zero-order valence-corrected chi connectivity index (χ0v) is 13.2. The van der Waals surface area contributed by atoms with Crippen molar-refractivity contribution in [2.24, 2.45) is 0 Å². The van der Waals surface area contributed by atoms with Gasteiger partial charge in [0.25, 0.3) is 5.91 Å². The van der Waals surface area contributed by atoms with Gasteiger partial charge in [-0.25, -0.2) is 9.97 Å². The van der Waals surface area contributed by atoms with Crippen LogP contribution in [0, 0.1) is 0 Å². The molecular weight excluding hydrogens is 350 g/mol. The van der Waals surface area contributed by atoms with Crippen LogP contribution in [0.3, 0.4) is 0 Å². The lowest BCUT2D eigenvalue weighted by molar-refractivity contribution is 0.102. The standard InChI is InChI=1S/C15H10BrN3OS/c16-13-3-1-2-12(19-13)14(20)18-11-6-4-10(5-7-11)15-17-8-9-21-15/h1-9H,(H,18,20). The van der Waals surface area contributed by atoms with Crippen molar-refractivity contribution in [3.63, 3.8) is 0 Å². The molecule has 0 aliphatic rings. The van der Waals surface area contributed by atoms with Crippen molar-refractivity contribution < 1.29 is 4.79 Å². The molecule has 0 aliphatic heterocycles. The molecule has 1 N–H and O–H groups in total. The summed E-state index contributed by atoms with van der Waals surface area (Å²) in [4.78, 5) is 20.4. The van der Waals surface area contributed by atoms with E-state index in [0.29, 0.717) is 10.3 Å². The highest BCUT2D eigenvalue weighted by atomic mass is 79.9. The Morgan fingerprint density at radius 3 is 2.62 bits per heavy atom. The third kappa shape index (κ3) is 3.34. The van der Waals surface area contributed by atoms with E-state index in [1.807, 2.05) is 29.6 Å². The summed E-state index contributed by atoms with van der Waals surface area (Å²) >= 11 is 4.83. The minimum absolute atomic E-state index is 0.238. The molecule has 3 aromatic rings. The summed E-state index contributed by atoms with van der Waals surface area (Å²) in [6, 6.07) is 12.8. The van der Waals surface area contributed by atoms with Crippen molar-refractivity contribution in [1.82, 2.24) is 9.97 Å². The number of benzene rings is 1. The normalized spacial score (nSPS) is 10.3. The number of anilines is 1. The van der Waals surface area contributed by atoms with Gasteiger partial charge in [0.2, 0.25) is 0 Å². The molecule has 1 amide bonds. The molecule has 0 atom stereocenters. The summed E-state index contributed by atoms with van der Waals surface area (Å²) in [5, 5.41) is 5.71. The number of amides is 1. The first-order chi connectivity index (χ1) is 10.2. The molecule has 0 saturated heterocycles. The average Bonchev–Trinajstić information content (AvgIpc) is 3.02. The van der Waals surface area contributed by atoms with Crippen molar-refractivity contribution in [2.45, 2.75) is 0 Å². The van der Waals surface area contributed by atoms with Gasteiger partial charge in [-0.15, -0.1) is 11.3 Å². The van der Waals surface area contributed by atoms with Gasteiger partial charge in [-0.05, 0) is 52.3 Å². The highest BCUT2D eigenvalue weighted by molar-refractivity contribution is 9.10. The number of rotatable bonds is 3. The van der Waals surface area contributed by atoms with Crippen LogP contribution in [0.4, 0.5) is 5.69 Å². The summed E-state index contributed by atoms with van der Waals surface area (Å²) in [6.45, 7) is 0. The molecule has 3 rings (SSSR count). The van der Waals surface area contributed by atoms with Gasteiger partial charge in [0.15, 0.2) is 0 Å². The van der Waals surface area contributed by atoms with E-state index < -0.39 is 0 Å². The average molecular weight is 360 g/mol. The number of pyridine rings is 1. The summed E-state index contributed by atoms with van der Waals surface area (Å²) in [7, 11) is 0. The van der Waals surface area contributed by atoms with Crippen molar-refractivity contribution in [3.8, 4) is 10.6 Å². The fourth-order valence-electron chi connectivity index (χ4n) is 1.79. The molecule has 0 bridgehead atoms. The second-order valence-corrected chi connectivity index (χ2v) is 5.92. The Labute approximate surface area is 134 Å². The van der Waals surface area contributed by atoms with E-state index >= 15 is 0 Å². The second kappa shape index (κ2) is 6.15. The van der Waals surface area contributed by atoms with E-state index in [0.717, 1.165) is 16.3 Å². The van der Waals surface area contributed by atoms with Crippen LogP contribution < -0.4 is 5.32 Å². The lowest BCUT2D eigenvalue weighted by atomic mass is 10.2. The van der Waals surface area contributed by atoms with Gasteiger partial charge >= 0.3 is 0 Å². The number of aromatic nitrogens is 2. The molecule has 1 aromatic carbocycles. The third-order valence-electron chi connectivity index (χ3n) is 2.77. The number of hydrogen-bond donors (Lipinski definition) is 1. The molecule has 0 spiro atoms. The van der Waals surface area contributed by atoms with E-state index in [4.69, 9.17) is 0 Å². The minimum atomic E-state index is -0.238. The first-order valence-corrected chi connectivity index (χ1v) is 7.83. The van der Waals surface area contributed by atoms with Crippen LogP contribution in [-0.4, -0.2) is 15.9 Å². The highest BCUT2D eigenvalue weighted by Crippen LogP contribution is 2.23. The Morgan fingerprint density at radius 2 is 1.95 bits per heavy atom.